The van der Waals surface area contributed by atoms with Crippen molar-refractivity contribution in [2.24, 2.45) is 22.3 Å². The fourth-order valence-electron chi connectivity index (χ4n) is 1.62. The lowest BCUT2D eigenvalue weighted by Gasteiger charge is -2.10. The standard InChI is InChI=1S/C7H13N3O3.C6H11NO.C4H10BNO/c1-5(11)10-9-4-6(8)3-7(12)13-2;1-4-3-6(7)5(2)8-4;1-2-3(6)4(5)7/h4,6H,3,8H2,1-2H3,(H,10,11);5-6H,1,3,7H2,2H3;3-4,7H,2,6H2,1H3/b9-4-;;. The number of hydrogen-bond acceptors (Lipinski definition) is 9. The van der Waals surface area contributed by atoms with Crippen molar-refractivity contribution in [1.82, 2.24) is 5.43 Å². The van der Waals surface area contributed by atoms with Gasteiger partial charge in [-0.15, -0.1) is 0 Å². The summed E-state index contributed by atoms with van der Waals surface area (Å²) in [7, 11) is 6.25. The molecule has 11 heteroatoms. The number of carbonyl (C=O) groups is 2. The maximum absolute atomic E-state index is 10.7. The van der Waals surface area contributed by atoms with Crippen LogP contribution in [0.4, 0.5) is 0 Å². The van der Waals surface area contributed by atoms with E-state index in [0.717, 1.165) is 18.6 Å². The zero-order valence-corrected chi connectivity index (χ0v) is 17.1. The van der Waals surface area contributed by atoms with Gasteiger partial charge in [0.25, 0.3) is 0 Å². The molecule has 28 heavy (non-hydrogen) atoms. The van der Waals surface area contributed by atoms with Gasteiger partial charge < -0.3 is 31.8 Å². The van der Waals surface area contributed by atoms with Gasteiger partial charge in [-0.25, -0.2) is 5.43 Å². The Balaban J connectivity index is 0. The monoisotopic (exact) mass is 399 g/mol. The maximum atomic E-state index is 10.7. The lowest BCUT2D eigenvalue weighted by Crippen LogP contribution is -2.33. The predicted molar refractivity (Wildman–Crippen MR) is 109 cm³/mol. The number of ether oxygens (including phenoxy) is 2. The van der Waals surface area contributed by atoms with Gasteiger partial charge in [0, 0.05) is 37.6 Å². The summed E-state index contributed by atoms with van der Waals surface area (Å²) < 4.78 is 9.53. The van der Waals surface area contributed by atoms with E-state index in [1.165, 1.54) is 20.2 Å². The smallest absolute Gasteiger partial charge is 0.307 e. The highest BCUT2D eigenvalue weighted by atomic mass is 16.5. The summed E-state index contributed by atoms with van der Waals surface area (Å²) in [5.41, 5.74) is 18.4. The quantitative estimate of drug-likeness (QED) is 0.161. The Kier molecular flexibility index (Phi) is 16.2. The fourth-order valence-corrected chi connectivity index (χ4v) is 1.62. The van der Waals surface area contributed by atoms with E-state index >= 15 is 0 Å². The molecule has 1 saturated heterocycles. The lowest BCUT2D eigenvalue weighted by atomic mass is 9.92. The Labute approximate surface area is 168 Å². The highest BCUT2D eigenvalue weighted by molar-refractivity contribution is 6.11. The summed E-state index contributed by atoms with van der Waals surface area (Å²) in [5, 5.41) is 12.0. The zero-order valence-electron chi connectivity index (χ0n) is 17.1. The number of amides is 1. The zero-order chi connectivity index (χ0) is 22.3. The Morgan fingerprint density at radius 2 is 2.11 bits per heavy atom. The molecule has 5 atom stereocenters. The van der Waals surface area contributed by atoms with Gasteiger partial charge in [-0.1, -0.05) is 13.5 Å². The Bertz CT molecular complexity index is 492. The third kappa shape index (κ3) is 16.2. The molecule has 0 spiro atoms. The largest absolute Gasteiger partial charge is 0.494 e. The molecule has 0 saturated carbocycles. The number of rotatable bonds is 6. The first-order valence-electron chi connectivity index (χ1n) is 8.85. The van der Waals surface area contributed by atoms with Crippen molar-refractivity contribution in [3.8, 4) is 0 Å². The van der Waals surface area contributed by atoms with Crippen LogP contribution in [-0.4, -0.2) is 68.4 Å². The van der Waals surface area contributed by atoms with E-state index in [1.807, 2.05) is 13.8 Å². The first kappa shape index (κ1) is 28.3. The third-order valence-electron chi connectivity index (χ3n) is 3.45. The Hall–Kier alpha value is -1.95. The molecule has 1 aliphatic rings. The van der Waals surface area contributed by atoms with E-state index in [2.05, 4.69) is 21.8 Å². The van der Waals surface area contributed by atoms with Crippen LogP contribution in [0, 0.1) is 0 Å². The molecule has 1 rings (SSSR count). The van der Waals surface area contributed by atoms with E-state index < -0.39 is 18.0 Å². The summed E-state index contributed by atoms with van der Waals surface area (Å²) >= 11 is 0. The van der Waals surface area contributed by atoms with Crippen LogP contribution in [0.2, 0.25) is 0 Å². The van der Waals surface area contributed by atoms with Gasteiger partial charge in [-0.3, -0.25) is 9.59 Å². The molecule has 1 fully saturated rings. The van der Waals surface area contributed by atoms with Crippen LogP contribution in [0.15, 0.2) is 17.4 Å². The van der Waals surface area contributed by atoms with Crippen LogP contribution >= 0.6 is 0 Å². The van der Waals surface area contributed by atoms with Crippen LogP contribution in [0.1, 0.15) is 40.0 Å². The van der Waals surface area contributed by atoms with Crippen LogP contribution in [0.5, 0.6) is 0 Å². The van der Waals surface area contributed by atoms with Gasteiger partial charge in [0.2, 0.25) is 5.91 Å². The van der Waals surface area contributed by atoms with Gasteiger partial charge in [0.05, 0.1) is 25.3 Å². The second-order valence-electron chi connectivity index (χ2n) is 6.18. The second kappa shape index (κ2) is 16.0. The molecule has 0 aromatic carbocycles. The van der Waals surface area contributed by atoms with Gasteiger partial charge in [-0.2, -0.15) is 5.10 Å². The molecule has 160 valence electrons. The molecule has 10 nitrogen and oxygen atoms in total. The minimum Gasteiger partial charge on any atom is -0.494 e. The Morgan fingerprint density at radius 1 is 1.54 bits per heavy atom. The average Bonchev–Trinajstić information content (AvgIpc) is 2.90. The van der Waals surface area contributed by atoms with Crippen molar-refractivity contribution in [1.29, 1.82) is 0 Å². The van der Waals surface area contributed by atoms with E-state index in [4.69, 9.17) is 34.9 Å². The molecule has 8 N–H and O–H groups in total. The molecule has 1 aliphatic heterocycles. The molecule has 0 aromatic rings. The van der Waals surface area contributed by atoms with Crippen molar-refractivity contribution in [3.63, 3.8) is 0 Å². The van der Waals surface area contributed by atoms with Crippen molar-refractivity contribution < 1.29 is 24.2 Å². The van der Waals surface area contributed by atoms with Crippen LogP contribution in [-0.2, 0) is 19.1 Å². The topological polar surface area (TPSA) is 175 Å². The molecule has 2 radical (unpaired) electrons. The van der Waals surface area contributed by atoms with E-state index in [9.17, 15) is 9.59 Å². The molecular weight excluding hydrogens is 365 g/mol. The van der Waals surface area contributed by atoms with Crippen molar-refractivity contribution in [2.75, 3.05) is 7.11 Å². The van der Waals surface area contributed by atoms with Gasteiger partial charge in [0.1, 0.15) is 14.0 Å². The molecule has 1 heterocycles. The number of methoxy groups -OCH3 is 1. The van der Waals surface area contributed by atoms with Gasteiger partial charge in [0.15, 0.2) is 0 Å². The normalized spacial score (nSPS) is 21.2. The third-order valence-corrected chi connectivity index (χ3v) is 3.45. The van der Waals surface area contributed by atoms with E-state index in [1.54, 1.807) is 0 Å². The number of esters is 1. The molecule has 1 amide bonds. The highest BCUT2D eigenvalue weighted by Crippen LogP contribution is 2.19. The van der Waals surface area contributed by atoms with E-state index in [0.29, 0.717) is 0 Å². The summed E-state index contributed by atoms with van der Waals surface area (Å²) in [4.78, 5) is 21.0. The summed E-state index contributed by atoms with van der Waals surface area (Å²) in [5.74, 6) is 0.119. The van der Waals surface area contributed by atoms with Gasteiger partial charge >= 0.3 is 5.97 Å². The number of hydrazone groups is 1. The SMILES string of the molecule is C=C1CC(N)C(C)O1.COC(=O)CC(N)/C=N\NC(C)=O.[B]C(O)C(N)CC. The van der Waals surface area contributed by atoms with Crippen LogP contribution in [0.25, 0.3) is 0 Å². The first-order valence-corrected chi connectivity index (χ1v) is 8.85. The number of hydrogen-bond donors (Lipinski definition) is 5. The molecule has 0 bridgehead atoms. The number of nitrogens with zero attached hydrogens (tertiary/aromatic N) is 1. The highest BCUT2D eigenvalue weighted by Gasteiger charge is 2.23. The lowest BCUT2D eigenvalue weighted by molar-refractivity contribution is -0.140. The molecule has 0 aromatic heterocycles. The summed E-state index contributed by atoms with van der Waals surface area (Å²) in [6.07, 6.45) is 3.03. The second-order valence-corrected chi connectivity index (χ2v) is 6.18. The minimum absolute atomic E-state index is 0.0413. The predicted octanol–water partition coefficient (Wildman–Crippen LogP) is -1.15. The van der Waals surface area contributed by atoms with Crippen LogP contribution < -0.4 is 22.6 Å². The molecule has 0 aliphatic carbocycles. The fraction of sp³-hybridized carbons (Fsp3) is 0.706. The maximum Gasteiger partial charge on any atom is 0.307 e. The first-order chi connectivity index (χ1) is 12.9. The van der Waals surface area contributed by atoms with Crippen molar-refractivity contribution in [2.45, 2.75) is 70.3 Å². The van der Waals surface area contributed by atoms with E-state index in [-0.39, 0.29) is 30.5 Å². The number of aliphatic hydroxyl groups is 1. The summed E-state index contributed by atoms with van der Waals surface area (Å²) in [6, 6.07) is -1.49. The Morgan fingerprint density at radius 3 is 2.36 bits per heavy atom. The number of nitrogens with one attached hydrogen (secondary N) is 1. The number of carbonyl (C=O) groups excluding carboxylic acids is 2. The van der Waals surface area contributed by atoms with Crippen molar-refractivity contribution >= 4 is 25.9 Å². The molecule has 5 unspecified atom stereocenters. The number of nitrogens with two attached hydrogens (primary N) is 3. The minimum atomic E-state index is -0.856. The number of aliphatic hydroxyl groups excluding tert-OH is 1. The summed E-state index contributed by atoms with van der Waals surface area (Å²) in [6.45, 7) is 8.81. The average molecular weight is 399 g/mol. The van der Waals surface area contributed by atoms with Crippen LogP contribution in [0.3, 0.4) is 0 Å². The van der Waals surface area contributed by atoms with Crippen molar-refractivity contribution in [3.05, 3.63) is 12.3 Å². The van der Waals surface area contributed by atoms with Gasteiger partial charge in [-0.05, 0) is 13.3 Å². The molecular formula is C17H34BN5O5.